The molecule has 0 heterocycles. The van der Waals surface area contributed by atoms with Gasteiger partial charge in [0, 0.05) is 34.1 Å². The number of benzene rings is 6. The van der Waals surface area contributed by atoms with E-state index in [1.54, 1.807) is 0 Å². The van der Waals surface area contributed by atoms with Crippen LogP contribution in [0.15, 0.2) is 121 Å². The number of fused-ring (bicyclic) bond motifs is 2. The lowest BCUT2D eigenvalue weighted by Crippen LogP contribution is -2.45. The van der Waals surface area contributed by atoms with Crippen LogP contribution >= 0.6 is 0 Å². The number of rotatable bonds is 0. The van der Waals surface area contributed by atoms with Gasteiger partial charge in [-0.15, -0.1) is 0 Å². The third-order valence-electron chi connectivity index (χ3n) is 10.3. The fourth-order valence-electron chi connectivity index (χ4n) is 8.20. The SMILES string of the molecule is Cc1ccc(C#Cc2c3c(c(C#Cc4ccc(C)cc4)c4ccccc24)=CC2C4c5ccccc5C(c5ccccc54)C2C=3)cc1. The van der Waals surface area contributed by atoms with Crippen LogP contribution in [0, 0.1) is 49.4 Å². The van der Waals surface area contributed by atoms with E-state index in [0.717, 1.165) is 22.3 Å². The van der Waals surface area contributed by atoms with Crippen LogP contribution in [0.5, 0.6) is 0 Å². The molecule has 0 aromatic heterocycles. The van der Waals surface area contributed by atoms with Crippen molar-refractivity contribution in [3.05, 3.63) is 187 Å². The lowest BCUT2D eigenvalue weighted by Gasteiger charge is -2.50. The van der Waals surface area contributed by atoms with Gasteiger partial charge < -0.3 is 0 Å². The zero-order valence-electron chi connectivity index (χ0n) is 26.0. The molecule has 4 aliphatic carbocycles. The van der Waals surface area contributed by atoms with Gasteiger partial charge in [0.05, 0.1) is 0 Å². The van der Waals surface area contributed by atoms with E-state index in [1.807, 2.05) is 0 Å². The zero-order valence-corrected chi connectivity index (χ0v) is 26.0. The lowest BCUT2D eigenvalue weighted by molar-refractivity contribution is 0.365. The fourth-order valence-corrected chi connectivity index (χ4v) is 8.20. The maximum atomic E-state index is 3.69. The van der Waals surface area contributed by atoms with E-state index < -0.39 is 0 Å². The molecule has 0 radical (unpaired) electrons. The van der Waals surface area contributed by atoms with Crippen molar-refractivity contribution in [2.45, 2.75) is 25.7 Å². The van der Waals surface area contributed by atoms with Gasteiger partial charge in [-0.2, -0.15) is 0 Å². The van der Waals surface area contributed by atoms with Crippen LogP contribution in [0.1, 0.15) is 67.5 Å². The topological polar surface area (TPSA) is 0 Å². The first-order valence-corrected chi connectivity index (χ1v) is 16.3. The third-order valence-corrected chi connectivity index (χ3v) is 10.3. The molecule has 0 heteroatoms. The Labute approximate surface area is 270 Å². The summed E-state index contributed by atoms with van der Waals surface area (Å²) in [4.78, 5) is 0. The van der Waals surface area contributed by atoms with E-state index in [0.29, 0.717) is 23.7 Å². The van der Waals surface area contributed by atoms with Gasteiger partial charge in [-0.05, 0) is 93.4 Å². The molecule has 2 bridgehead atoms. The lowest BCUT2D eigenvalue weighted by atomic mass is 9.53. The second kappa shape index (κ2) is 10.5. The summed E-state index contributed by atoms with van der Waals surface area (Å²) in [5, 5.41) is 4.79. The molecule has 4 aliphatic rings. The molecule has 2 unspecified atom stereocenters. The van der Waals surface area contributed by atoms with Crippen molar-refractivity contribution in [2.24, 2.45) is 11.8 Å². The highest BCUT2D eigenvalue weighted by molar-refractivity contribution is 5.94. The quantitative estimate of drug-likeness (QED) is 0.157. The minimum Gasteiger partial charge on any atom is -0.0707 e. The van der Waals surface area contributed by atoms with Crippen LogP contribution in [0.4, 0.5) is 0 Å². The molecule has 0 saturated heterocycles. The Morgan fingerprint density at radius 3 is 1.11 bits per heavy atom. The number of hydrogen-bond donors (Lipinski definition) is 0. The standard InChI is InChI=1S/C46H32/c1-29-15-19-31(20-16-29)23-25-35-33-9-3-4-10-34(33)36(26-24-32-21-17-30(2)18-22-32)42-28-44-43(27-41(35)42)45-37-11-5-7-13-39(37)46(44)40-14-8-6-12-38(40)45/h3-22,27-28,43-46H,1-2H3. The molecular weight excluding hydrogens is 553 g/mol. The average Bonchev–Trinajstić information content (AvgIpc) is 3.10. The molecule has 216 valence electrons. The molecule has 0 amide bonds. The Bertz CT molecular complexity index is 2230. The summed E-state index contributed by atoms with van der Waals surface area (Å²) in [6.45, 7) is 4.24. The van der Waals surface area contributed by atoms with E-state index in [4.69, 9.17) is 0 Å². The molecule has 6 aromatic rings. The van der Waals surface area contributed by atoms with Gasteiger partial charge in [-0.25, -0.2) is 0 Å². The summed E-state index contributed by atoms with van der Waals surface area (Å²) < 4.78 is 0. The van der Waals surface area contributed by atoms with Crippen LogP contribution in [0.25, 0.3) is 22.9 Å². The van der Waals surface area contributed by atoms with E-state index in [2.05, 4.69) is 171 Å². The predicted octanol–water partition coefficient (Wildman–Crippen LogP) is 8.35. The van der Waals surface area contributed by atoms with Crippen LogP contribution in [0.2, 0.25) is 0 Å². The molecule has 0 nitrogen and oxygen atoms in total. The molecule has 2 atom stereocenters. The molecule has 46 heavy (non-hydrogen) atoms. The highest BCUT2D eigenvalue weighted by atomic mass is 14.5. The fraction of sp³-hybridized carbons (Fsp3) is 0.130. The smallest absolute Gasteiger partial charge is 0.0403 e. The van der Waals surface area contributed by atoms with E-state index in [9.17, 15) is 0 Å². The van der Waals surface area contributed by atoms with Crippen molar-refractivity contribution < 1.29 is 0 Å². The van der Waals surface area contributed by atoms with Gasteiger partial charge in [-0.1, -0.05) is 144 Å². The largest absolute Gasteiger partial charge is 0.0707 e. The average molecular weight is 585 g/mol. The Kier molecular flexibility index (Phi) is 6.13. The minimum absolute atomic E-state index is 0.318. The summed E-state index contributed by atoms with van der Waals surface area (Å²) in [5.74, 6) is 15.8. The maximum absolute atomic E-state index is 3.69. The van der Waals surface area contributed by atoms with E-state index >= 15 is 0 Å². The molecule has 0 N–H and O–H groups in total. The maximum Gasteiger partial charge on any atom is 0.0403 e. The Morgan fingerprint density at radius 2 is 0.739 bits per heavy atom. The Hall–Kier alpha value is -5.56. The van der Waals surface area contributed by atoms with Gasteiger partial charge in [0.15, 0.2) is 0 Å². The van der Waals surface area contributed by atoms with Crippen LogP contribution in [0.3, 0.4) is 0 Å². The van der Waals surface area contributed by atoms with Crippen molar-refractivity contribution >= 4 is 22.9 Å². The second-order valence-corrected chi connectivity index (χ2v) is 13.1. The van der Waals surface area contributed by atoms with Crippen LogP contribution in [-0.2, 0) is 0 Å². The van der Waals surface area contributed by atoms with Gasteiger partial charge >= 0.3 is 0 Å². The molecule has 0 aliphatic heterocycles. The predicted molar refractivity (Wildman–Crippen MR) is 190 cm³/mol. The van der Waals surface area contributed by atoms with Gasteiger partial charge in [-0.3, -0.25) is 0 Å². The molecule has 0 spiro atoms. The first-order valence-electron chi connectivity index (χ1n) is 16.3. The first kappa shape index (κ1) is 26.8. The van der Waals surface area contributed by atoms with E-state index in [-0.39, 0.29) is 0 Å². The summed E-state index contributed by atoms with van der Waals surface area (Å²) in [5.41, 5.74) is 12.7. The van der Waals surface area contributed by atoms with Crippen molar-refractivity contribution in [2.75, 3.05) is 0 Å². The summed E-state index contributed by atoms with van der Waals surface area (Å²) in [7, 11) is 0. The monoisotopic (exact) mass is 584 g/mol. The minimum atomic E-state index is 0.318. The van der Waals surface area contributed by atoms with Crippen molar-refractivity contribution in [1.82, 2.24) is 0 Å². The summed E-state index contributed by atoms with van der Waals surface area (Å²) in [6.07, 6.45) is 5.15. The Balaban J connectivity index is 1.35. The highest BCUT2D eigenvalue weighted by Gasteiger charge is 2.48. The summed E-state index contributed by atoms with van der Waals surface area (Å²) >= 11 is 0. The second-order valence-electron chi connectivity index (χ2n) is 13.1. The summed E-state index contributed by atoms with van der Waals surface area (Å²) in [6, 6.07) is 44.0. The first-order chi connectivity index (χ1) is 22.6. The molecule has 0 fully saturated rings. The van der Waals surface area contributed by atoms with Crippen molar-refractivity contribution in [3.8, 4) is 23.7 Å². The van der Waals surface area contributed by atoms with Crippen molar-refractivity contribution in [3.63, 3.8) is 0 Å². The van der Waals surface area contributed by atoms with E-state index in [1.165, 1.54) is 54.6 Å². The number of aryl methyl sites for hydroxylation is 2. The third kappa shape index (κ3) is 4.19. The zero-order chi connectivity index (χ0) is 30.8. The van der Waals surface area contributed by atoms with Crippen molar-refractivity contribution in [1.29, 1.82) is 0 Å². The molecule has 6 aromatic carbocycles. The van der Waals surface area contributed by atoms with Gasteiger partial charge in [0.2, 0.25) is 0 Å². The van der Waals surface area contributed by atoms with Crippen LogP contribution < -0.4 is 10.4 Å². The van der Waals surface area contributed by atoms with Gasteiger partial charge in [0.25, 0.3) is 0 Å². The Morgan fingerprint density at radius 1 is 0.391 bits per heavy atom. The molecular formula is C46H32. The van der Waals surface area contributed by atoms with Crippen LogP contribution in [-0.4, -0.2) is 0 Å². The normalized spacial score (nSPS) is 19.5. The van der Waals surface area contributed by atoms with Gasteiger partial charge in [0.1, 0.15) is 0 Å². The molecule has 0 saturated carbocycles. The highest BCUT2D eigenvalue weighted by Crippen LogP contribution is 2.59. The number of hydrogen-bond acceptors (Lipinski definition) is 0. The molecule has 10 rings (SSSR count).